The van der Waals surface area contributed by atoms with Gasteiger partial charge in [-0.05, 0) is 36.8 Å². The number of aryl methyl sites for hydroxylation is 1. The summed E-state index contributed by atoms with van der Waals surface area (Å²) in [6.45, 7) is 4.32. The van der Waals surface area contributed by atoms with E-state index in [0.717, 1.165) is 37.8 Å². The quantitative estimate of drug-likeness (QED) is 0.883. The second-order valence-electron chi connectivity index (χ2n) is 6.22. The Labute approximate surface area is 121 Å². The Morgan fingerprint density at radius 3 is 2.90 bits per heavy atom. The number of rotatable bonds is 4. The average Bonchev–Trinajstić information content (AvgIpc) is 2.41. The van der Waals surface area contributed by atoms with E-state index < -0.39 is 5.54 Å². The molecule has 0 bridgehead atoms. The molecule has 2 rings (SSSR count). The van der Waals surface area contributed by atoms with Gasteiger partial charge in [-0.1, -0.05) is 51.3 Å². The zero-order chi connectivity index (χ0) is 14.6. The fraction of sp³-hybridized carbons (Fsp3) is 0.588. The summed E-state index contributed by atoms with van der Waals surface area (Å²) in [7, 11) is 0. The van der Waals surface area contributed by atoms with E-state index in [1.54, 1.807) is 0 Å². The average molecular weight is 274 g/mol. The number of hydrogen-bond acceptors (Lipinski definition) is 2. The molecule has 110 valence electrons. The number of benzene rings is 1. The van der Waals surface area contributed by atoms with Crippen molar-refractivity contribution >= 4 is 11.6 Å². The number of nitrogens with two attached hydrogens (primary N) is 1. The molecule has 1 aromatic rings. The molecule has 0 aliphatic heterocycles. The summed E-state index contributed by atoms with van der Waals surface area (Å²) >= 11 is 0. The highest BCUT2D eigenvalue weighted by atomic mass is 16.2. The summed E-state index contributed by atoms with van der Waals surface area (Å²) < 4.78 is 0. The van der Waals surface area contributed by atoms with Crippen LogP contribution in [0.5, 0.6) is 0 Å². The van der Waals surface area contributed by atoms with Gasteiger partial charge < -0.3 is 11.1 Å². The lowest BCUT2D eigenvalue weighted by molar-refractivity contribution is -0.122. The van der Waals surface area contributed by atoms with Crippen LogP contribution in [0.2, 0.25) is 0 Å². The third-order valence-corrected chi connectivity index (χ3v) is 4.27. The maximum absolute atomic E-state index is 12.6. The standard InChI is InChI=1S/C17H26N2O/c1-3-7-14-9-4-5-10-15(14)19-16(20)17(18)11-6-8-13(2)12-17/h4-5,9-10,13H,3,6-8,11-12,18H2,1-2H3,(H,19,20). The molecule has 3 nitrogen and oxygen atoms in total. The van der Waals surface area contributed by atoms with Crippen molar-refractivity contribution < 1.29 is 4.79 Å². The molecular formula is C17H26N2O. The van der Waals surface area contributed by atoms with Gasteiger partial charge in [0.25, 0.3) is 0 Å². The van der Waals surface area contributed by atoms with Crippen molar-refractivity contribution in [1.29, 1.82) is 0 Å². The Morgan fingerprint density at radius 1 is 1.45 bits per heavy atom. The first-order chi connectivity index (χ1) is 9.55. The highest BCUT2D eigenvalue weighted by molar-refractivity contribution is 5.98. The molecule has 1 amide bonds. The maximum Gasteiger partial charge on any atom is 0.244 e. The fourth-order valence-corrected chi connectivity index (χ4v) is 3.17. The molecule has 1 aromatic carbocycles. The third kappa shape index (κ3) is 3.40. The fourth-order valence-electron chi connectivity index (χ4n) is 3.17. The van der Waals surface area contributed by atoms with Gasteiger partial charge in [0.2, 0.25) is 5.91 Å². The molecule has 1 fully saturated rings. The van der Waals surface area contributed by atoms with Crippen LogP contribution in [0.25, 0.3) is 0 Å². The molecule has 0 spiro atoms. The topological polar surface area (TPSA) is 55.1 Å². The molecule has 1 aliphatic rings. The van der Waals surface area contributed by atoms with Gasteiger partial charge in [0.15, 0.2) is 0 Å². The van der Waals surface area contributed by atoms with Crippen molar-refractivity contribution in [1.82, 2.24) is 0 Å². The molecule has 3 heteroatoms. The summed E-state index contributed by atoms with van der Waals surface area (Å²) in [6, 6.07) is 8.02. The van der Waals surface area contributed by atoms with Crippen molar-refractivity contribution in [2.45, 2.75) is 57.9 Å². The van der Waals surface area contributed by atoms with Crippen LogP contribution in [0, 0.1) is 5.92 Å². The van der Waals surface area contributed by atoms with Crippen molar-refractivity contribution in [3.63, 3.8) is 0 Å². The molecule has 0 radical (unpaired) electrons. The van der Waals surface area contributed by atoms with Crippen LogP contribution < -0.4 is 11.1 Å². The van der Waals surface area contributed by atoms with Gasteiger partial charge in [-0.25, -0.2) is 0 Å². The van der Waals surface area contributed by atoms with Gasteiger partial charge in [0.05, 0.1) is 5.54 Å². The highest BCUT2D eigenvalue weighted by Crippen LogP contribution is 2.31. The Morgan fingerprint density at radius 2 is 2.20 bits per heavy atom. The van der Waals surface area contributed by atoms with Crippen LogP contribution in [0.1, 0.15) is 51.5 Å². The Hall–Kier alpha value is -1.35. The normalized spacial score (nSPS) is 26.2. The number of carbonyl (C=O) groups is 1. The number of anilines is 1. The molecule has 2 atom stereocenters. The summed E-state index contributed by atoms with van der Waals surface area (Å²) in [5.41, 5.74) is 7.76. The zero-order valence-corrected chi connectivity index (χ0v) is 12.6. The summed E-state index contributed by atoms with van der Waals surface area (Å²) in [5.74, 6) is 0.512. The van der Waals surface area contributed by atoms with E-state index in [2.05, 4.69) is 25.2 Å². The van der Waals surface area contributed by atoms with Crippen molar-refractivity contribution in [3.05, 3.63) is 29.8 Å². The molecule has 0 heterocycles. The maximum atomic E-state index is 12.6. The van der Waals surface area contributed by atoms with Crippen molar-refractivity contribution in [2.75, 3.05) is 5.32 Å². The van der Waals surface area contributed by atoms with Gasteiger partial charge in [0, 0.05) is 5.69 Å². The molecular weight excluding hydrogens is 248 g/mol. The summed E-state index contributed by atoms with van der Waals surface area (Å²) in [6.07, 6.45) is 5.84. The summed E-state index contributed by atoms with van der Waals surface area (Å²) in [4.78, 5) is 12.6. The van der Waals surface area contributed by atoms with Crippen LogP contribution in [0.3, 0.4) is 0 Å². The van der Waals surface area contributed by atoms with E-state index in [1.807, 2.05) is 18.2 Å². The number of amides is 1. The van der Waals surface area contributed by atoms with Crippen LogP contribution >= 0.6 is 0 Å². The van der Waals surface area contributed by atoms with Crippen molar-refractivity contribution in [2.24, 2.45) is 11.7 Å². The number of hydrogen-bond donors (Lipinski definition) is 2. The lowest BCUT2D eigenvalue weighted by Crippen LogP contribution is -2.53. The first kappa shape index (κ1) is 15.0. The van der Waals surface area contributed by atoms with Crippen molar-refractivity contribution in [3.8, 4) is 0 Å². The predicted octanol–water partition coefficient (Wildman–Crippen LogP) is 3.49. The number of nitrogens with one attached hydrogen (secondary N) is 1. The Kier molecular flexibility index (Phi) is 4.81. The largest absolute Gasteiger partial charge is 0.324 e. The first-order valence-corrected chi connectivity index (χ1v) is 7.73. The molecule has 3 N–H and O–H groups in total. The zero-order valence-electron chi connectivity index (χ0n) is 12.6. The van der Waals surface area contributed by atoms with E-state index in [4.69, 9.17) is 5.73 Å². The van der Waals surface area contributed by atoms with Gasteiger partial charge in [0.1, 0.15) is 0 Å². The molecule has 1 saturated carbocycles. The van der Waals surface area contributed by atoms with Crippen LogP contribution in [-0.2, 0) is 11.2 Å². The van der Waals surface area contributed by atoms with E-state index in [1.165, 1.54) is 12.0 Å². The van der Waals surface area contributed by atoms with Gasteiger partial charge in [-0.2, -0.15) is 0 Å². The van der Waals surface area contributed by atoms with Crippen LogP contribution in [0.4, 0.5) is 5.69 Å². The predicted molar refractivity (Wildman–Crippen MR) is 83.6 cm³/mol. The first-order valence-electron chi connectivity index (χ1n) is 7.73. The van der Waals surface area contributed by atoms with E-state index in [-0.39, 0.29) is 5.91 Å². The molecule has 0 saturated heterocycles. The van der Waals surface area contributed by atoms with Gasteiger partial charge >= 0.3 is 0 Å². The monoisotopic (exact) mass is 274 g/mol. The highest BCUT2D eigenvalue weighted by Gasteiger charge is 2.38. The third-order valence-electron chi connectivity index (χ3n) is 4.27. The van der Waals surface area contributed by atoms with E-state index >= 15 is 0 Å². The SMILES string of the molecule is CCCc1ccccc1NC(=O)C1(N)CCCC(C)C1. The number of para-hydroxylation sites is 1. The molecule has 0 aromatic heterocycles. The lowest BCUT2D eigenvalue weighted by atomic mass is 9.76. The lowest BCUT2D eigenvalue weighted by Gasteiger charge is -2.35. The molecule has 20 heavy (non-hydrogen) atoms. The van der Waals surface area contributed by atoms with E-state index in [0.29, 0.717) is 5.92 Å². The molecule has 1 aliphatic carbocycles. The summed E-state index contributed by atoms with van der Waals surface area (Å²) in [5, 5.41) is 3.06. The molecule has 2 unspecified atom stereocenters. The van der Waals surface area contributed by atoms with Crippen LogP contribution in [-0.4, -0.2) is 11.4 Å². The Bertz CT molecular complexity index is 472. The van der Waals surface area contributed by atoms with Crippen LogP contribution in [0.15, 0.2) is 24.3 Å². The smallest absolute Gasteiger partial charge is 0.244 e. The minimum atomic E-state index is -0.697. The van der Waals surface area contributed by atoms with Gasteiger partial charge in [-0.3, -0.25) is 4.79 Å². The minimum Gasteiger partial charge on any atom is -0.324 e. The van der Waals surface area contributed by atoms with E-state index in [9.17, 15) is 4.79 Å². The Balaban J connectivity index is 2.11. The minimum absolute atomic E-state index is 0.0207. The number of carbonyl (C=O) groups excluding carboxylic acids is 1. The second-order valence-corrected chi connectivity index (χ2v) is 6.22. The second kappa shape index (κ2) is 6.40. The van der Waals surface area contributed by atoms with Gasteiger partial charge in [-0.15, -0.1) is 0 Å².